The van der Waals surface area contributed by atoms with Crippen molar-refractivity contribution < 1.29 is 9.72 Å². The van der Waals surface area contributed by atoms with Crippen LogP contribution in [0.25, 0.3) is 17.1 Å². The lowest BCUT2D eigenvalue weighted by Gasteiger charge is -2.14. The third-order valence-electron chi connectivity index (χ3n) is 4.66. The van der Waals surface area contributed by atoms with Gasteiger partial charge in [0.25, 0.3) is 5.69 Å². The molecule has 0 saturated carbocycles. The lowest BCUT2D eigenvalue weighted by molar-refractivity contribution is -0.384. The highest BCUT2D eigenvalue weighted by atomic mass is 35.5. The van der Waals surface area contributed by atoms with E-state index >= 15 is 0 Å². The molecule has 0 saturated heterocycles. The molecule has 0 aliphatic heterocycles. The number of non-ortho nitro benzene ring substituents is 1. The van der Waals surface area contributed by atoms with E-state index in [1.54, 1.807) is 19.3 Å². The number of nitro groups is 1. The maximum Gasteiger partial charge on any atom is 0.271 e. The van der Waals surface area contributed by atoms with Gasteiger partial charge in [0.2, 0.25) is 5.91 Å². The summed E-state index contributed by atoms with van der Waals surface area (Å²) in [6, 6.07) is 17.1. The minimum Gasteiger partial charge on any atom is -0.324 e. The predicted molar refractivity (Wildman–Crippen MR) is 127 cm³/mol. The monoisotopic (exact) mass is 480 g/mol. The summed E-state index contributed by atoms with van der Waals surface area (Å²) < 4.78 is 1.87. The zero-order valence-corrected chi connectivity index (χ0v) is 18.8. The minimum absolute atomic E-state index is 0.166. The molecule has 0 aliphatic rings. The van der Waals surface area contributed by atoms with E-state index in [-0.39, 0.29) is 22.3 Å². The molecule has 33 heavy (non-hydrogen) atoms. The van der Waals surface area contributed by atoms with Gasteiger partial charge in [-0.05, 0) is 37.3 Å². The van der Waals surface area contributed by atoms with Gasteiger partial charge in [-0.15, -0.1) is 10.2 Å². The average molecular weight is 481 g/mol. The number of para-hydroxylation sites is 1. The molecule has 0 radical (unpaired) electrons. The molecule has 4 rings (SSSR count). The number of hydrogen-bond donors (Lipinski definition) is 1. The number of hydrogen-bond acceptors (Lipinski definition) is 7. The molecule has 0 bridgehead atoms. The van der Waals surface area contributed by atoms with Crippen LogP contribution >= 0.6 is 23.4 Å². The Balaban J connectivity index is 1.61. The second kappa shape index (κ2) is 9.80. The van der Waals surface area contributed by atoms with Gasteiger partial charge < -0.3 is 5.32 Å². The van der Waals surface area contributed by atoms with E-state index in [4.69, 9.17) is 11.6 Å². The molecule has 0 aliphatic carbocycles. The lowest BCUT2D eigenvalue weighted by atomic mass is 10.2. The van der Waals surface area contributed by atoms with Crippen LogP contribution in [0.3, 0.4) is 0 Å². The molecular formula is C22H17ClN6O3S. The summed E-state index contributed by atoms with van der Waals surface area (Å²) in [5.41, 5.74) is 1.67. The zero-order chi connectivity index (χ0) is 23.4. The summed E-state index contributed by atoms with van der Waals surface area (Å²) in [4.78, 5) is 27.4. The summed E-state index contributed by atoms with van der Waals surface area (Å²) in [6.45, 7) is 1.71. The van der Waals surface area contributed by atoms with Gasteiger partial charge in [-0.1, -0.05) is 41.6 Å². The molecule has 9 nitrogen and oxygen atoms in total. The highest BCUT2D eigenvalue weighted by Crippen LogP contribution is 2.31. The summed E-state index contributed by atoms with van der Waals surface area (Å²) in [5, 5.41) is 22.5. The van der Waals surface area contributed by atoms with E-state index < -0.39 is 10.2 Å². The summed E-state index contributed by atoms with van der Waals surface area (Å²) in [6.07, 6.45) is 3.34. The van der Waals surface area contributed by atoms with E-state index in [0.29, 0.717) is 11.0 Å². The number of thioether (sulfide) groups is 1. The third kappa shape index (κ3) is 5.02. The first-order chi connectivity index (χ1) is 15.9. The number of amides is 1. The summed E-state index contributed by atoms with van der Waals surface area (Å²) in [5.74, 6) is 0.232. The van der Waals surface area contributed by atoms with Crippen LogP contribution in [0, 0.1) is 10.1 Å². The molecule has 2 aromatic carbocycles. The van der Waals surface area contributed by atoms with Gasteiger partial charge in [0.05, 0.1) is 20.9 Å². The van der Waals surface area contributed by atoms with Crippen LogP contribution in [-0.2, 0) is 4.79 Å². The maximum absolute atomic E-state index is 12.8. The van der Waals surface area contributed by atoms with E-state index in [9.17, 15) is 14.9 Å². The molecule has 0 fully saturated rings. The Morgan fingerprint density at radius 3 is 2.55 bits per heavy atom. The van der Waals surface area contributed by atoms with Crippen molar-refractivity contribution in [2.45, 2.75) is 17.3 Å². The van der Waals surface area contributed by atoms with Crippen LogP contribution in [-0.4, -0.2) is 35.8 Å². The molecule has 0 spiro atoms. The molecule has 2 aromatic heterocycles. The van der Waals surface area contributed by atoms with Crippen molar-refractivity contribution in [1.29, 1.82) is 0 Å². The van der Waals surface area contributed by atoms with Crippen molar-refractivity contribution in [2.24, 2.45) is 0 Å². The number of carbonyl (C=O) groups is 1. The Labute approximate surface area is 198 Å². The number of rotatable bonds is 7. The van der Waals surface area contributed by atoms with Gasteiger partial charge in [0.1, 0.15) is 0 Å². The van der Waals surface area contributed by atoms with Crippen LogP contribution in [0.4, 0.5) is 11.4 Å². The fourth-order valence-electron chi connectivity index (χ4n) is 3.01. The van der Waals surface area contributed by atoms with Crippen LogP contribution in [0.5, 0.6) is 0 Å². The third-order valence-corrected chi connectivity index (χ3v) is 6.03. The number of aromatic nitrogens is 4. The standard InChI is InChI=1S/C22H17ClN6O3S/c1-14(21(30)25-19-13-17(29(31)32)7-8-18(19)23)33-22-27-26-20(15-9-11-24-12-10-15)28(22)16-5-3-2-4-6-16/h2-14H,1H3,(H,25,30). The number of benzene rings is 2. The quantitative estimate of drug-likeness (QED) is 0.224. The molecular weight excluding hydrogens is 464 g/mol. The molecule has 1 atom stereocenters. The Morgan fingerprint density at radius 2 is 1.85 bits per heavy atom. The van der Waals surface area contributed by atoms with Crippen molar-refractivity contribution in [1.82, 2.24) is 19.7 Å². The lowest BCUT2D eigenvalue weighted by Crippen LogP contribution is -2.23. The molecule has 1 unspecified atom stereocenters. The fraction of sp³-hybridized carbons (Fsp3) is 0.0909. The average Bonchev–Trinajstić information content (AvgIpc) is 3.24. The Hall–Kier alpha value is -3.76. The second-order valence-corrected chi connectivity index (χ2v) is 8.60. The normalized spacial score (nSPS) is 11.7. The van der Waals surface area contributed by atoms with Crippen LogP contribution < -0.4 is 5.32 Å². The molecule has 166 valence electrons. The smallest absolute Gasteiger partial charge is 0.271 e. The van der Waals surface area contributed by atoms with Crippen LogP contribution in [0.2, 0.25) is 5.02 Å². The van der Waals surface area contributed by atoms with Crippen molar-refractivity contribution >= 4 is 40.6 Å². The Kier molecular flexibility index (Phi) is 6.66. The maximum atomic E-state index is 12.8. The largest absolute Gasteiger partial charge is 0.324 e. The number of nitro benzene ring substituents is 1. The Morgan fingerprint density at radius 1 is 1.12 bits per heavy atom. The first-order valence-electron chi connectivity index (χ1n) is 9.76. The van der Waals surface area contributed by atoms with Gasteiger partial charge in [-0.3, -0.25) is 24.5 Å². The van der Waals surface area contributed by atoms with E-state index in [1.165, 1.54) is 30.0 Å². The number of nitrogens with zero attached hydrogens (tertiary/aromatic N) is 5. The second-order valence-electron chi connectivity index (χ2n) is 6.88. The van der Waals surface area contributed by atoms with Gasteiger partial charge in [-0.2, -0.15) is 0 Å². The zero-order valence-electron chi connectivity index (χ0n) is 17.3. The molecule has 11 heteroatoms. The number of nitrogens with one attached hydrogen (secondary N) is 1. The van der Waals surface area contributed by atoms with Crippen LogP contribution in [0.1, 0.15) is 6.92 Å². The van der Waals surface area contributed by atoms with E-state index in [1.807, 2.05) is 47.0 Å². The van der Waals surface area contributed by atoms with Crippen LogP contribution in [0.15, 0.2) is 78.2 Å². The fourth-order valence-corrected chi connectivity index (χ4v) is 4.04. The molecule has 2 heterocycles. The van der Waals surface area contributed by atoms with Gasteiger partial charge in [0, 0.05) is 35.8 Å². The first-order valence-corrected chi connectivity index (χ1v) is 11.0. The number of carbonyl (C=O) groups excluding carboxylic acids is 1. The highest BCUT2D eigenvalue weighted by molar-refractivity contribution is 8.00. The predicted octanol–water partition coefficient (Wildman–Crippen LogP) is 5.01. The molecule has 1 amide bonds. The van der Waals surface area contributed by atoms with Gasteiger partial charge in [-0.25, -0.2) is 0 Å². The van der Waals surface area contributed by atoms with Crippen molar-refractivity contribution in [3.05, 3.63) is 88.2 Å². The molecule has 1 N–H and O–H groups in total. The number of halogens is 1. The van der Waals surface area contributed by atoms with Crippen molar-refractivity contribution in [3.63, 3.8) is 0 Å². The number of anilines is 1. The summed E-state index contributed by atoms with van der Waals surface area (Å²) in [7, 11) is 0. The first kappa shape index (κ1) is 22.4. The van der Waals surface area contributed by atoms with Gasteiger partial charge >= 0.3 is 0 Å². The molecule has 4 aromatic rings. The number of pyridine rings is 1. The topological polar surface area (TPSA) is 116 Å². The highest BCUT2D eigenvalue weighted by Gasteiger charge is 2.23. The SMILES string of the molecule is CC(Sc1nnc(-c2ccncc2)n1-c1ccccc1)C(=O)Nc1cc([N+](=O)[O-])ccc1Cl. The van der Waals surface area contributed by atoms with E-state index in [0.717, 1.165) is 11.3 Å². The van der Waals surface area contributed by atoms with Crippen molar-refractivity contribution in [3.8, 4) is 17.1 Å². The van der Waals surface area contributed by atoms with Crippen molar-refractivity contribution in [2.75, 3.05) is 5.32 Å². The van der Waals surface area contributed by atoms with E-state index in [2.05, 4.69) is 20.5 Å². The Bertz CT molecular complexity index is 1300. The summed E-state index contributed by atoms with van der Waals surface area (Å²) >= 11 is 7.32. The minimum atomic E-state index is -0.600. The van der Waals surface area contributed by atoms with Gasteiger partial charge in [0.15, 0.2) is 11.0 Å².